The Hall–Kier alpha value is -3.37. The van der Waals surface area contributed by atoms with Gasteiger partial charge in [-0.15, -0.1) is 0 Å². The van der Waals surface area contributed by atoms with Gasteiger partial charge in [0.15, 0.2) is 0 Å². The van der Waals surface area contributed by atoms with Crippen LogP contribution in [0.1, 0.15) is 12.5 Å². The van der Waals surface area contributed by atoms with E-state index in [9.17, 15) is 27.7 Å². The van der Waals surface area contributed by atoms with Crippen molar-refractivity contribution in [3.05, 3.63) is 58.1 Å². The van der Waals surface area contributed by atoms with E-state index in [2.05, 4.69) is 20.0 Å². The van der Waals surface area contributed by atoms with Crippen LogP contribution in [0.3, 0.4) is 0 Å². The van der Waals surface area contributed by atoms with Gasteiger partial charge in [-0.05, 0) is 31.2 Å². The van der Waals surface area contributed by atoms with Crippen molar-refractivity contribution >= 4 is 17.1 Å². The number of hydrazone groups is 1. The Bertz CT molecular complexity index is 829. The third-order valence-electron chi connectivity index (χ3n) is 3.21. The number of halogens is 4. The molecule has 0 atom stereocenters. The molecular weight excluding hydrogens is 374 g/mol. The molecule has 0 heterocycles. The largest absolute Gasteiger partial charge is 0.435 e. The summed E-state index contributed by atoms with van der Waals surface area (Å²) in [6.45, 7) is -4.82. The first kappa shape index (κ1) is 19.9. The molecule has 0 aliphatic heterocycles. The lowest BCUT2D eigenvalue weighted by Crippen LogP contribution is -2.09. The van der Waals surface area contributed by atoms with E-state index in [-0.39, 0.29) is 22.7 Å². The molecule has 0 bridgehead atoms. The lowest BCUT2D eigenvalue weighted by atomic mass is 10.1. The van der Waals surface area contributed by atoms with Crippen LogP contribution in [0, 0.1) is 10.1 Å². The number of nitrogens with one attached hydrogen (secondary N) is 1. The molecule has 2 aromatic carbocycles. The maximum absolute atomic E-state index is 12.6. The molecule has 0 radical (unpaired) electrons. The zero-order valence-corrected chi connectivity index (χ0v) is 13.7. The molecule has 0 saturated carbocycles. The molecule has 2 rings (SSSR count). The number of anilines is 1. The monoisotopic (exact) mass is 387 g/mol. The number of non-ortho nitro benzene ring substituents is 1. The number of alkyl halides is 4. The quantitative estimate of drug-likeness (QED) is 0.309. The lowest BCUT2D eigenvalue weighted by Gasteiger charge is -2.13. The second-order valence-electron chi connectivity index (χ2n) is 5.03. The van der Waals surface area contributed by atoms with Crippen LogP contribution in [0.15, 0.2) is 47.6 Å². The molecule has 0 spiro atoms. The Kier molecular flexibility index (Phi) is 6.52. The first-order valence-corrected chi connectivity index (χ1v) is 7.35. The van der Waals surface area contributed by atoms with Gasteiger partial charge in [-0.3, -0.25) is 15.5 Å². The molecule has 0 unspecified atom stereocenters. The fourth-order valence-electron chi connectivity index (χ4n) is 2.04. The number of rotatable bonds is 8. The van der Waals surface area contributed by atoms with Crippen LogP contribution in [0.2, 0.25) is 0 Å². The molecule has 0 fully saturated rings. The first-order chi connectivity index (χ1) is 12.8. The highest BCUT2D eigenvalue weighted by Crippen LogP contribution is 2.28. The molecule has 144 valence electrons. The predicted molar refractivity (Wildman–Crippen MR) is 88.6 cm³/mol. The molecule has 7 nitrogen and oxygen atoms in total. The van der Waals surface area contributed by atoms with Gasteiger partial charge in [0.2, 0.25) is 0 Å². The minimum absolute atomic E-state index is 0.108. The lowest BCUT2D eigenvalue weighted by molar-refractivity contribution is -0.384. The van der Waals surface area contributed by atoms with Crippen molar-refractivity contribution in [1.82, 2.24) is 0 Å². The highest BCUT2D eigenvalue weighted by atomic mass is 19.3. The standard InChI is InChI=1S/C16H13F4N3O4/c1-9(21-22-10-2-4-11(5-3-10)23(24)25)13-7-6-12(26-15(17)18)8-14(13)27-16(19)20/h2-8,15-16,22H,1H3/b21-9-. The van der Waals surface area contributed by atoms with Gasteiger partial charge in [-0.1, -0.05) is 0 Å². The average Bonchev–Trinajstić information content (AvgIpc) is 2.59. The fraction of sp³-hybridized carbons (Fsp3) is 0.188. The van der Waals surface area contributed by atoms with E-state index in [1.807, 2.05) is 0 Å². The maximum Gasteiger partial charge on any atom is 0.387 e. The number of hydrogen-bond donors (Lipinski definition) is 1. The SMILES string of the molecule is C/C(=N/Nc1ccc([N+](=O)[O-])cc1)c1ccc(OC(F)F)cc1OC(F)F. The van der Waals surface area contributed by atoms with Gasteiger partial charge in [0.25, 0.3) is 5.69 Å². The van der Waals surface area contributed by atoms with Crippen molar-refractivity contribution in [2.24, 2.45) is 5.10 Å². The van der Waals surface area contributed by atoms with Crippen molar-refractivity contribution in [2.45, 2.75) is 20.1 Å². The van der Waals surface area contributed by atoms with Crippen LogP contribution >= 0.6 is 0 Å². The van der Waals surface area contributed by atoms with Gasteiger partial charge in [0.1, 0.15) is 11.5 Å². The van der Waals surface area contributed by atoms with Crippen LogP contribution in [0.4, 0.5) is 28.9 Å². The van der Waals surface area contributed by atoms with E-state index in [1.165, 1.54) is 37.3 Å². The van der Waals surface area contributed by atoms with Gasteiger partial charge in [-0.25, -0.2) is 0 Å². The summed E-state index contributed by atoms with van der Waals surface area (Å²) in [7, 11) is 0. The Balaban J connectivity index is 2.23. The highest BCUT2D eigenvalue weighted by molar-refractivity contribution is 6.01. The maximum atomic E-state index is 12.6. The van der Waals surface area contributed by atoms with Crippen LogP contribution in [-0.2, 0) is 0 Å². The van der Waals surface area contributed by atoms with Gasteiger partial charge < -0.3 is 9.47 Å². The molecule has 2 aromatic rings. The first-order valence-electron chi connectivity index (χ1n) is 7.35. The van der Waals surface area contributed by atoms with Crippen molar-refractivity contribution in [2.75, 3.05) is 5.43 Å². The van der Waals surface area contributed by atoms with Crippen LogP contribution in [0.5, 0.6) is 11.5 Å². The van der Waals surface area contributed by atoms with E-state index in [0.29, 0.717) is 5.69 Å². The predicted octanol–water partition coefficient (Wildman–Crippen LogP) is 4.63. The van der Waals surface area contributed by atoms with Crippen LogP contribution < -0.4 is 14.9 Å². The number of ether oxygens (including phenoxy) is 2. The summed E-state index contributed by atoms with van der Waals surface area (Å²) in [6.07, 6.45) is 0. The number of nitrogens with zero attached hydrogens (tertiary/aromatic N) is 2. The molecule has 0 aliphatic carbocycles. The Morgan fingerprint density at radius 1 is 1.07 bits per heavy atom. The van der Waals surface area contributed by atoms with E-state index >= 15 is 0 Å². The second-order valence-corrected chi connectivity index (χ2v) is 5.03. The number of benzene rings is 2. The second kappa shape index (κ2) is 8.83. The van der Waals surface area contributed by atoms with E-state index in [0.717, 1.165) is 12.1 Å². The molecule has 27 heavy (non-hydrogen) atoms. The normalized spacial score (nSPS) is 11.6. The smallest absolute Gasteiger partial charge is 0.387 e. The minimum Gasteiger partial charge on any atom is -0.435 e. The Labute approximate surface area is 150 Å². The molecule has 0 aliphatic rings. The van der Waals surface area contributed by atoms with Gasteiger partial charge in [0, 0.05) is 23.8 Å². The van der Waals surface area contributed by atoms with Gasteiger partial charge in [0.05, 0.1) is 16.3 Å². The van der Waals surface area contributed by atoms with Crippen molar-refractivity contribution in [3.63, 3.8) is 0 Å². The third-order valence-corrected chi connectivity index (χ3v) is 3.21. The summed E-state index contributed by atoms with van der Waals surface area (Å²) in [4.78, 5) is 10.0. The van der Waals surface area contributed by atoms with Crippen molar-refractivity contribution in [3.8, 4) is 11.5 Å². The van der Waals surface area contributed by atoms with Crippen LogP contribution in [0.25, 0.3) is 0 Å². The molecular formula is C16H13F4N3O4. The topological polar surface area (TPSA) is 86.0 Å². The summed E-state index contributed by atoms with van der Waals surface area (Å²) < 4.78 is 58.2. The summed E-state index contributed by atoms with van der Waals surface area (Å²) >= 11 is 0. The molecule has 1 N–H and O–H groups in total. The fourth-order valence-corrected chi connectivity index (χ4v) is 2.04. The minimum atomic E-state index is -3.18. The number of nitro groups is 1. The Morgan fingerprint density at radius 2 is 1.70 bits per heavy atom. The van der Waals surface area contributed by atoms with Crippen LogP contribution in [-0.4, -0.2) is 23.9 Å². The van der Waals surface area contributed by atoms with Gasteiger partial charge in [-0.2, -0.15) is 22.7 Å². The molecule has 0 saturated heterocycles. The molecule has 0 aromatic heterocycles. The zero-order valence-electron chi connectivity index (χ0n) is 13.7. The number of hydrogen-bond acceptors (Lipinski definition) is 6. The van der Waals surface area contributed by atoms with Gasteiger partial charge >= 0.3 is 13.2 Å². The highest BCUT2D eigenvalue weighted by Gasteiger charge is 2.15. The molecule has 11 heteroatoms. The Morgan fingerprint density at radius 3 is 2.26 bits per heavy atom. The number of nitro benzene ring substituents is 1. The zero-order chi connectivity index (χ0) is 20.0. The van der Waals surface area contributed by atoms with E-state index in [1.54, 1.807) is 0 Å². The summed E-state index contributed by atoms with van der Waals surface area (Å²) in [5.74, 6) is -0.740. The summed E-state index contributed by atoms with van der Waals surface area (Å²) in [5.41, 5.74) is 3.23. The van der Waals surface area contributed by atoms with E-state index in [4.69, 9.17) is 0 Å². The summed E-state index contributed by atoms with van der Waals surface area (Å²) in [5, 5.41) is 14.6. The average molecular weight is 387 g/mol. The van der Waals surface area contributed by atoms with E-state index < -0.39 is 23.9 Å². The van der Waals surface area contributed by atoms with Crippen molar-refractivity contribution < 1.29 is 32.0 Å². The van der Waals surface area contributed by atoms with Crippen molar-refractivity contribution in [1.29, 1.82) is 0 Å². The molecule has 0 amide bonds. The third kappa shape index (κ3) is 5.83. The summed E-state index contributed by atoms with van der Waals surface area (Å²) in [6, 6.07) is 8.63.